The minimum Gasteiger partial charge on any atom is -0.465 e. The number of carbonyl (C=O) groups excluding carboxylic acids is 2. The Hall–Kier alpha value is -2.94. The molecule has 2 atom stereocenters. The molecule has 0 unspecified atom stereocenters. The molecule has 0 saturated carbocycles. The number of aromatic nitrogens is 3. The number of esters is 1. The van der Waals surface area contributed by atoms with E-state index in [9.17, 15) is 22.8 Å². The fourth-order valence-corrected chi connectivity index (χ4v) is 8.04. The third-order valence-corrected chi connectivity index (χ3v) is 10.2. The van der Waals surface area contributed by atoms with Crippen LogP contribution in [0, 0.1) is 5.92 Å². The van der Waals surface area contributed by atoms with E-state index in [2.05, 4.69) is 49.5 Å². The van der Waals surface area contributed by atoms with Crippen LogP contribution in [-0.4, -0.2) is 87.9 Å². The molecule has 254 valence electrons. The highest BCUT2D eigenvalue weighted by Gasteiger charge is 2.33. The molecule has 2 aliphatic heterocycles. The van der Waals surface area contributed by atoms with Crippen molar-refractivity contribution >= 4 is 44.8 Å². The van der Waals surface area contributed by atoms with Gasteiger partial charge in [0, 0.05) is 53.2 Å². The van der Waals surface area contributed by atoms with Crippen molar-refractivity contribution in [1.29, 1.82) is 0 Å². The van der Waals surface area contributed by atoms with Gasteiger partial charge in [0.05, 0.1) is 43.2 Å². The molecule has 4 heterocycles. The standard InChI is InChI=1S/C33H40BrF3N6O3S/c1-5-46-31(45)19-41-9-10-43(21(4)17-41)29-16-38-25(15-39-29)27(44)14-30-40-32(22-11-23(33(35,36)37)13-24(34)12-22)28(47-30)18-42-8-6-7-26(42)20(2)3/h11-13,15-16,20-21,26H,5-10,14,17-19H2,1-4H3/t21-,26+/m1/s1. The number of thiazole rings is 1. The number of hydrogen-bond donors (Lipinski definition) is 0. The molecule has 2 fully saturated rings. The van der Waals surface area contributed by atoms with E-state index in [0.29, 0.717) is 71.3 Å². The molecule has 0 spiro atoms. The third-order valence-electron chi connectivity index (χ3n) is 8.67. The summed E-state index contributed by atoms with van der Waals surface area (Å²) < 4.78 is 46.6. The largest absolute Gasteiger partial charge is 0.465 e. The molecule has 47 heavy (non-hydrogen) atoms. The van der Waals surface area contributed by atoms with Gasteiger partial charge < -0.3 is 9.64 Å². The molecule has 9 nitrogen and oxygen atoms in total. The number of nitrogens with zero attached hydrogens (tertiary/aromatic N) is 6. The van der Waals surface area contributed by atoms with Gasteiger partial charge in [0.2, 0.25) is 0 Å². The van der Waals surface area contributed by atoms with E-state index in [1.807, 2.05) is 11.8 Å². The summed E-state index contributed by atoms with van der Waals surface area (Å²) in [5.74, 6) is 0.572. The van der Waals surface area contributed by atoms with Crippen LogP contribution in [0.5, 0.6) is 0 Å². The van der Waals surface area contributed by atoms with Crippen molar-refractivity contribution in [2.75, 3.05) is 44.2 Å². The van der Waals surface area contributed by atoms with E-state index >= 15 is 0 Å². The Balaban J connectivity index is 1.33. The van der Waals surface area contributed by atoms with Gasteiger partial charge in [-0.3, -0.25) is 19.4 Å². The SMILES string of the molecule is CCOC(=O)CN1CCN(c2cnc(C(=O)Cc3nc(-c4cc(Br)cc(C(F)(F)F)c4)c(CN4CCC[C@H]4C(C)C)s3)cn2)[C@H](C)C1. The van der Waals surface area contributed by atoms with E-state index in [-0.39, 0.29) is 36.5 Å². The fourth-order valence-electron chi connectivity index (χ4n) is 6.43. The molecule has 0 aliphatic carbocycles. The lowest BCUT2D eigenvalue weighted by atomic mass is 10.0. The van der Waals surface area contributed by atoms with Crippen LogP contribution in [0.4, 0.5) is 19.0 Å². The van der Waals surface area contributed by atoms with Gasteiger partial charge in [0.1, 0.15) is 16.5 Å². The number of Topliss-reactive ketones (excluding diaryl/α,β-unsaturated/α-hetero) is 1. The second-order valence-corrected chi connectivity index (χ2v) is 14.6. The van der Waals surface area contributed by atoms with Crippen LogP contribution < -0.4 is 4.90 Å². The predicted octanol–water partition coefficient (Wildman–Crippen LogP) is 6.50. The van der Waals surface area contributed by atoms with Crippen LogP contribution in [0.3, 0.4) is 0 Å². The summed E-state index contributed by atoms with van der Waals surface area (Å²) in [5.41, 5.74) is 0.265. The second kappa shape index (κ2) is 15.1. The Bertz CT molecular complexity index is 1570. The molecule has 5 rings (SSSR count). The van der Waals surface area contributed by atoms with Crippen LogP contribution in [0.2, 0.25) is 0 Å². The maximum Gasteiger partial charge on any atom is 0.416 e. The van der Waals surface area contributed by atoms with Gasteiger partial charge in [-0.2, -0.15) is 13.2 Å². The average Bonchev–Trinajstić information content (AvgIpc) is 3.64. The van der Waals surface area contributed by atoms with Gasteiger partial charge in [-0.05, 0) is 57.4 Å². The Morgan fingerprint density at radius 2 is 1.91 bits per heavy atom. The first-order valence-electron chi connectivity index (χ1n) is 15.9. The summed E-state index contributed by atoms with van der Waals surface area (Å²) in [5, 5.41) is 0.519. The summed E-state index contributed by atoms with van der Waals surface area (Å²) in [6.07, 6.45) is 0.638. The minimum absolute atomic E-state index is 0.0393. The van der Waals surface area contributed by atoms with Gasteiger partial charge in [0.15, 0.2) is 5.78 Å². The first-order valence-corrected chi connectivity index (χ1v) is 17.5. The number of rotatable bonds is 11. The van der Waals surface area contributed by atoms with E-state index in [4.69, 9.17) is 9.72 Å². The lowest BCUT2D eigenvalue weighted by Crippen LogP contribution is -2.53. The number of halogens is 4. The molecule has 0 bridgehead atoms. The van der Waals surface area contributed by atoms with E-state index in [1.165, 1.54) is 17.5 Å². The summed E-state index contributed by atoms with van der Waals surface area (Å²) in [6, 6.07) is 4.27. The monoisotopic (exact) mass is 736 g/mol. The summed E-state index contributed by atoms with van der Waals surface area (Å²) in [7, 11) is 0. The average molecular weight is 738 g/mol. The van der Waals surface area contributed by atoms with Crippen molar-refractivity contribution in [3.05, 3.63) is 56.2 Å². The molecule has 2 saturated heterocycles. The Morgan fingerprint density at radius 1 is 1.13 bits per heavy atom. The maximum absolute atomic E-state index is 13.7. The molecule has 1 aromatic carbocycles. The van der Waals surface area contributed by atoms with Crippen molar-refractivity contribution in [2.45, 2.75) is 71.8 Å². The number of hydrogen-bond acceptors (Lipinski definition) is 10. The number of piperazine rings is 1. The third kappa shape index (κ3) is 8.76. The van der Waals surface area contributed by atoms with Crippen molar-refractivity contribution in [1.82, 2.24) is 24.8 Å². The fraction of sp³-hybridized carbons (Fsp3) is 0.545. The highest BCUT2D eigenvalue weighted by Crippen LogP contribution is 2.38. The number of benzene rings is 1. The van der Waals surface area contributed by atoms with Crippen LogP contribution in [0.25, 0.3) is 11.3 Å². The molecule has 3 aromatic rings. The van der Waals surface area contributed by atoms with E-state index in [1.54, 1.807) is 19.2 Å². The molecule has 0 radical (unpaired) electrons. The van der Waals surface area contributed by atoms with Gasteiger partial charge in [-0.15, -0.1) is 11.3 Å². The van der Waals surface area contributed by atoms with Crippen LogP contribution >= 0.6 is 27.3 Å². The van der Waals surface area contributed by atoms with Crippen LogP contribution in [0.1, 0.15) is 66.5 Å². The molecule has 2 aromatic heterocycles. The minimum atomic E-state index is -4.51. The van der Waals surface area contributed by atoms with Crippen molar-refractivity contribution in [2.24, 2.45) is 5.92 Å². The van der Waals surface area contributed by atoms with Crippen LogP contribution in [0.15, 0.2) is 35.1 Å². The molecule has 2 aliphatic rings. The van der Waals surface area contributed by atoms with Gasteiger partial charge in [-0.1, -0.05) is 29.8 Å². The number of alkyl halides is 3. The molecule has 0 N–H and O–H groups in total. The normalized spacial score (nSPS) is 19.5. The topological polar surface area (TPSA) is 91.8 Å². The lowest BCUT2D eigenvalue weighted by Gasteiger charge is -2.39. The Kier molecular flexibility index (Phi) is 11.4. The number of likely N-dealkylation sites (tertiary alicyclic amines) is 1. The van der Waals surface area contributed by atoms with Crippen molar-refractivity contribution in [3.63, 3.8) is 0 Å². The number of carbonyl (C=O) groups is 2. The smallest absolute Gasteiger partial charge is 0.416 e. The van der Waals surface area contributed by atoms with Crippen LogP contribution in [-0.2, 0) is 28.7 Å². The highest BCUT2D eigenvalue weighted by molar-refractivity contribution is 9.10. The second-order valence-electron chi connectivity index (χ2n) is 12.5. The van der Waals surface area contributed by atoms with E-state index < -0.39 is 11.7 Å². The van der Waals surface area contributed by atoms with E-state index in [0.717, 1.165) is 36.4 Å². The van der Waals surface area contributed by atoms with Gasteiger partial charge >= 0.3 is 12.1 Å². The van der Waals surface area contributed by atoms with Gasteiger partial charge in [0.25, 0.3) is 0 Å². The van der Waals surface area contributed by atoms with Crippen molar-refractivity contribution in [3.8, 4) is 11.3 Å². The molecule has 0 amide bonds. The Morgan fingerprint density at radius 3 is 2.57 bits per heavy atom. The first kappa shape index (κ1) is 35.4. The summed E-state index contributed by atoms with van der Waals surface area (Å²) in [6.45, 7) is 12.2. The zero-order chi connectivity index (χ0) is 33.9. The van der Waals surface area contributed by atoms with Gasteiger partial charge in [-0.25, -0.2) is 15.0 Å². The quantitative estimate of drug-likeness (QED) is 0.162. The number of anilines is 1. The predicted molar refractivity (Wildman–Crippen MR) is 178 cm³/mol. The molecule has 14 heteroatoms. The Labute approximate surface area is 285 Å². The molecular weight excluding hydrogens is 697 g/mol. The lowest BCUT2D eigenvalue weighted by molar-refractivity contribution is -0.144. The summed E-state index contributed by atoms with van der Waals surface area (Å²) in [4.78, 5) is 46.3. The first-order chi connectivity index (χ1) is 22.3. The van der Waals surface area contributed by atoms with Crippen molar-refractivity contribution < 1.29 is 27.5 Å². The molecular formula is C33H40BrF3N6O3S. The highest BCUT2D eigenvalue weighted by atomic mass is 79.9. The number of ether oxygens (including phenoxy) is 1. The summed E-state index contributed by atoms with van der Waals surface area (Å²) >= 11 is 4.62. The zero-order valence-electron chi connectivity index (χ0n) is 27.0. The maximum atomic E-state index is 13.7. The number of ketones is 1. The zero-order valence-corrected chi connectivity index (χ0v) is 29.4.